The van der Waals surface area contributed by atoms with Gasteiger partial charge in [-0.25, -0.2) is 8.42 Å². The van der Waals surface area contributed by atoms with E-state index in [0.29, 0.717) is 17.3 Å². The molecule has 7 heteroatoms. The summed E-state index contributed by atoms with van der Waals surface area (Å²) in [7, 11) is -3.70. The summed E-state index contributed by atoms with van der Waals surface area (Å²) in [5, 5.41) is 8.02. The number of hydrogen-bond donors (Lipinski definition) is 1. The van der Waals surface area contributed by atoms with Crippen molar-refractivity contribution in [3.63, 3.8) is 0 Å². The van der Waals surface area contributed by atoms with Crippen LogP contribution < -0.4 is 4.31 Å². The molecule has 5 nitrogen and oxygen atoms in total. The number of H-pyrrole nitrogens is 1. The number of sulfonamides is 1. The first kappa shape index (κ1) is 16.8. The van der Waals surface area contributed by atoms with Gasteiger partial charge in [0.1, 0.15) is 0 Å². The largest absolute Gasteiger partial charge is 0.278 e. The van der Waals surface area contributed by atoms with E-state index in [0.717, 1.165) is 10.9 Å². The van der Waals surface area contributed by atoms with Crippen molar-refractivity contribution in [2.24, 2.45) is 5.92 Å². The van der Waals surface area contributed by atoms with Crippen LogP contribution in [0.4, 0.5) is 5.69 Å². The number of halogens is 1. The normalized spacial score (nSPS) is 12.0. The molecule has 0 spiro atoms. The second-order valence-corrected chi connectivity index (χ2v) is 8.33. The van der Waals surface area contributed by atoms with Gasteiger partial charge >= 0.3 is 0 Å². The molecule has 0 radical (unpaired) electrons. The highest BCUT2D eigenvalue weighted by Crippen LogP contribution is 2.28. The molecule has 0 unspecified atom stereocenters. The third-order valence-electron chi connectivity index (χ3n) is 3.63. The van der Waals surface area contributed by atoms with E-state index in [-0.39, 0.29) is 10.8 Å². The van der Waals surface area contributed by atoms with Gasteiger partial charge in [-0.3, -0.25) is 9.40 Å². The van der Waals surface area contributed by atoms with E-state index in [9.17, 15) is 8.42 Å². The molecule has 1 aromatic heterocycles. The third-order valence-corrected chi connectivity index (χ3v) is 5.65. The van der Waals surface area contributed by atoms with Gasteiger partial charge in [-0.1, -0.05) is 31.5 Å². The van der Waals surface area contributed by atoms with Crippen LogP contribution in [-0.4, -0.2) is 25.2 Å². The van der Waals surface area contributed by atoms with Crippen molar-refractivity contribution in [1.82, 2.24) is 10.2 Å². The van der Waals surface area contributed by atoms with E-state index < -0.39 is 10.0 Å². The molecule has 0 aliphatic heterocycles. The van der Waals surface area contributed by atoms with Crippen molar-refractivity contribution in [3.8, 4) is 0 Å². The van der Waals surface area contributed by atoms with Crippen LogP contribution >= 0.6 is 11.6 Å². The van der Waals surface area contributed by atoms with Crippen molar-refractivity contribution >= 4 is 38.2 Å². The van der Waals surface area contributed by atoms with Crippen LogP contribution in [0.3, 0.4) is 0 Å². The quantitative estimate of drug-likeness (QED) is 0.743. The summed E-state index contributed by atoms with van der Waals surface area (Å²) in [6.45, 7) is 4.32. The Balaban J connectivity index is 2.10. The van der Waals surface area contributed by atoms with E-state index in [4.69, 9.17) is 11.6 Å². The fourth-order valence-corrected chi connectivity index (χ4v) is 4.35. The third kappa shape index (κ3) is 3.25. The van der Waals surface area contributed by atoms with Gasteiger partial charge in [-0.05, 0) is 42.3 Å². The standard InChI is InChI=1S/C17H18ClN3O2S/c1-12(2)11-21(15-5-3-4-14(18)9-15)24(22,23)16-6-7-17-13(8-16)10-19-20-17/h3-10,12H,11H2,1-2H3,(H,19,20). The number of hydrogen-bond acceptors (Lipinski definition) is 3. The fourth-order valence-electron chi connectivity index (χ4n) is 2.51. The van der Waals surface area contributed by atoms with Crippen LogP contribution in [-0.2, 0) is 10.0 Å². The van der Waals surface area contributed by atoms with Gasteiger partial charge in [-0.15, -0.1) is 0 Å². The maximum atomic E-state index is 13.2. The highest BCUT2D eigenvalue weighted by Gasteiger charge is 2.26. The molecule has 0 saturated heterocycles. The van der Waals surface area contributed by atoms with Gasteiger partial charge in [-0.2, -0.15) is 5.10 Å². The van der Waals surface area contributed by atoms with Gasteiger partial charge in [0.25, 0.3) is 10.0 Å². The first-order valence-corrected chi connectivity index (χ1v) is 9.41. The van der Waals surface area contributed by atoms with E-state index in [2.05, 4.69) is 10.2 Å². The fraction of sp³-hybridized carbons (Fsp3) is 0.235. The lowest BCUT2D eigenvalue weighted by molar-refractivity contribution is 0.578. The zero-order valence-electron chi connectivity index (χ0n) is 13.4. The van der Waals surface area contributed by atoms with Crippen molar-refractivity contribution in [3.05, 3.63) is 53.7 Å². The lowest BCUT2D eigenvalue weighted by atomic mass is 10.2. The van der Waals surface area contributed by atoms with Crippen LogP contribution in [0.1, 0.15) is 13.8 Å². The summed E-state index contributed by atoms with van der Waals surface area (Å²) >= 11 is 6.05. The molecule has 0 atom stereocenters. The summed E-state index contributed by atoms with van der Waals surface area (Å²) in [5.74, 6) is 0.163. The number of aromatic amines is 1. The van der Waals surface area contributed by atoms with Crippen LogP contribution in [0, 0.1) is 5.92 Å². The molecule has 3 aromatic rings. The Morgan fingerprint density at radius 3 is 2.71 bits per heavy atom. The number of fused-ring (bicyclic) bond motifs is 1. The topological polar surface area (TPSA) is 66.1 Å². The number of rotatable bonds is 5. The molecule has 0 aliphatic carbocycles. The Hall–Kier alpha value is -2.05. The highest BCUT2D eigenvalue weighted by atomic mass is 35.5. The molecular formula is C17H18ClN3O2S. The summed E-state index contributed by atoms with van der Waals surface area (Å²) in [4.78, 5) is 0.233. The Morgan fingerprint density at radius 2 is 2.00 bits per heavy atom. The summed E-state index contributed by atoms with van der Waals surface area (Å²) < 4.78 is 27.8. The van der Waals surface area contributed by atoms with Crippen molar-refractivity contribution < 1.29 is 8.42 Å². The average Bonchev–Trinajstić information content (AvgIpc) is 2.99. The lowest BCUT2D eigenvalue weighted by Gasteiger charge is -2.26. The molecule has 0 fully saturated rings. The molecule has 1 heterocycles. The van der Waals surface area contributed by atoms with Crippen molar-refractivity contribution in [2.75, 3.05) is 10.8 Å². The minimum Gasteiger partial charge on any atom is -0.278 e. The summed E-state index contributed by atoms with van der Waals surface area (Å²) in [5.41, 5.74) is 1.36. The first-order chi connectivity index (χ1) is 11.4. The second kappa shape index (κ2) is 6.45. The minimum atomic E-state index is -3.70. The Morgan fingerprint density at radius 1 is 1.21 bits per heavy atom. The highest BCUT2D eigenvalue weighted by molar-refractivity contribution is 7.92. The second-order valence-electron chi connectivity index (χ2n) is 6.03. The molecule has 0 amide bonds. The smallest absolute Gasteiger partial charge is 0.264 e. The zero-order chi connectivity index (χ0) is 17.3. The molecule has 0 bridgehead atoms. The van der Waals surface area contributed by atoms with Gasteiger partial charge in [0.2, 0.25) is 0 Å². The Kier molecular flexibility index (Phi) is 4.51. The number of benzene rings is 2. The van der Waals surface area contributed by atoms with E-state index in [1.807, 2.05) is 13.8 Å². The first-order valence-electron chi connectivity index (χ1n) is 7.59. The van der Waals surface area contributed by atoms with Gasteiger partial charge in [0, 0.05) is 17.0 Å². The van der Waals surface area contributed by atoms with Crippen LogP contribution in [0.5, 0.6) is 0 Å². The Bertz CT molecular complexity index is 967. The molecule has 2 aromatic carbocycles. The van der Waals surface area contributed by atoms with Crippen LogP contribution in [0.15, 0.2) is 53.6 Å². The molecule has 0 saturated carbocycles. The monoisotopic (exact) mass is 363 g/mol. The number of nitrogens with zero attached hydrogens (tertiary/aromatic N) is 2. The van der Waals surface area contributed by atoms with E-state index in [1.54, 1.807) is 48.7 Å². The summed E-state index contributed by atoms with van der Waals surface area (Å²) in [6.07, 6.45) is 1.61. The maximum Gasteiger partial charge on any atom is 0.264 e. The van der Waals surface area contributed by atoms with Crippen LogP contribution in [0.2, 0.25) is 5.02 Å². The van der Waals surface area contributed by atoms with Gasteiger partial charge < -0.3 is 0 Å². The summed E-state index contributed by atoms with van der Waals surface area (Å²) in [6, 6.07) is 11.8. The molecule has 126 valence electrons. The van der Waals surface area contributed by atoms with Crippen molar-refractivity contribution in [2.45, 2.75) is 18.7 Å². The zero-order valence-corrected chi connectivity index (χ0v) is 15.0. The number of aromatic nitrogens is 2. The van der Waals surface area contributed by atoms with Gasteiger partial charge in [0.05, 0.1) is 22.3 Å². The Labute approximate surface area is 146 Å². The predicted octanol–water partition coefficient (Wildman–Crippen LogP) is 4.07. The maximum absolute atomic E-state index is 13.2. The lowest BCUT2D eigenvalue weighted by Crippen LogP contribution is -2.34. The van der Waals surface area contributed by atoms with Crippen LogP contribution in [0.25, 0.3) is 10.9 Å². The molecular weight excluding hydrogens is 346 g/mol. The van der Waals surface area contributed by atoms with Crippen molar-refractivity contribution in [1.29, 1.82) is 0 Å². The predicted molar refractivity (Wildman–Crippen MR) is 96.9 cm³/mol. The van der Waals surface area contributed by atoms with E-state index >= 15 is 0 Å². The van der Waals surface area contributed by atoms with Gasteiger partial charge in [0.15, 0.2) is 0 Å². The number of anilines is 1. The van der Waals surface area contributed by atoms with E-state index in [1.165, 1.54) is 4.31 Å². The molecule has 3 rings (SSSR count). The molecule has 24 heavy (non-hydrogen) atoms. The minimum absolute atomic E-state index is 0.163. The number of nitrogens with one attached hydrogen (secondary N) is 1. The molecule has 1 N–H and O–H groups in total. The SMILES string of the molecule is CC(C)CN(c1cccc(Cl)c1)S(=O)(=O)c1ccc2[nH]ncc2c1. The molecule has 0 aliphatic rings. The average molecular weight is 364 g/mol.